The van der Waals surface area contributed by atoms with Crippen molar-refractivity contribution < 1.29 is 14.0 Å². The van der Waals surface area contributed by atoms with Crippen LogP contribution in [0.15, 0.2) is 40.8 Å². The summed E-state index contributed by atoms with van der Waals surface area (Å²) in [6.45, 7) is 2.62. The fraction of sp³-hybridized carbons (Fsp3) is 0.450. The molecule has 1 aromatic carbocycles. The number of amides is 1. The predicted molar refractivity (Wildman–Crippen MR) is 99.5 cm³/mol. The van der Waals surface area contributed by atoms with E-state index < -0.39 is 0 Å². The van der Waals surface area contributed by atoms with Crippen LogP contribution in [0.25, 0.3) is 11.3 Å². The predicted octanol–water partition coefficient (Wildman–Crippen LogP) is 4.12. The second kappa shape index (κ2) is 7.06. The minimum absolute atomic E-state index is 0.108. The van der Waals surface area contributed by atoms with Gasteiger partial charge < -0.3 is 4.42 Å². The van der Waals surface area contributed by atoms with E-state index in [1.54, 1.807) is 12.2 Å². The van der Waals surface area contributed by atoms with Crippen molar-refractivity contribution in [3.05, 3.63) is 47.2 Å². The highest BCUT2D eigenvalue weighted by Gasteiger charge is 2.47. The molecule has 138 valence electrons. The molecule has 0 radical (unpaired) electrons. The van der Waals surface area contributed by atoms with Gasteiger partial charge in [-0.3, -0.25) is 14.5 Å². The van der Waals surface area contributed by atoms with Crippen LogP contribution in [0.5, 0.6) is 0 Å². The van der Waals surface area contributed by atoms with Crippen LogP contribution < -0.4 is 0 Å². The molecule has 0 unspecified atom stereocenters. The zero-order valence-electron chi connectivity index (χ0n) is 14.9. The van der Waals surface area contributed by atoms with Crippen LogP contribution in [0.3, 0.4) is 0 Å². The Hall–Kier alpha value is -1.82. The number of hydrogen-bond donors (Lipinski definition) is 0. The van der Waals surface area contributed by atoms with Crippen LogP contribution in [0, 0.1) is 0 Å². The van der Waals surface area contributed by atoms with Crippen molar-refractivity contribution in [2.45, 2.75) is 37.8 Å². The first-order valence-corrected chi connectivity index (χ1v) is 9.42. The Morgan fingerprint density at radius 2 is 1.92 bits per heavy atom. The van der Waals surface area contributed by atoms with Gasteiger partial charge in [0.05, 0.1) is 24.2 Å². The molecule has 2 aliphatic rings. The summed E-state index contributed by atoms with van der Waals surface area (Å²) in [4.78, 5) is 19.7. The highest BCUT2D eigenvalue weighted by atomic mass is 35.5. The van der Waals surface area contributed by atoms with Gasteiger partial charge in [0.25, 0.3) is 0 Å². The van der Waals surface area contributed by atoms with Crippen molar-refractivity contribution in [2.24, 2.45) is 0 Å². The monoisotopic (exact) mass is 374 g/mol. The number of benzene rings is 1. The van der Waals surface area contributed by atoms with Gasteiger partial charge in [-0.25, -0.2) is 5.06 Å². The number of halogens is 1. The lowest BCUT2D eigenvalue weighted by atomic mass is 9.86. The van der Waals surface area contributed by atoms with Crippen LogP contribution in [0.2, 0.25) is 5.02 Å². The average Bonchev–Trinajstić information content (AvgIpc) is 3.22. The van der Waals surface area contributed by atoms with Crippen molar-refractivity contribution in [3.63, 3.8) is 0 Å². The standard InChI is InChI=1S/C20H23ClN2O3/c1-25-23-19(24)8-9-20(23)10-12-22(13-11-20)14-15-6-7-18(26-15)16-4-2-3-5-17(16)21/h2-7H,8-14H2,1H3. The third-order valence-electron chi connectivity index (χ3n) is 5.61. The first kappa shape index (κ1) is 17.6. The van der Waals surface area contributed by atoms with Gasteiger partial charge in [0, 0.05) is 25.1 Å². The van der Waals surface area contributed by atoms with Gasteiger partial charge in [-0.1, -0.05) is 23.7 Å². The average molecular weight is 375 g/mol. The molecule has 1 aromatic heterocycles. The molecule has 3 heterocycles. The molecule has 1 spiro atoms. The first-order valence-electron chi connectivity index (χ1n) is 9.04. The molecule has 0 saturated carbocycles. The third kappa shape index (κ3) is 3.15. The molecule has 2 fully saturated rings. The van der Waals surface area contributed by atoms with Gasteiger partial charge in [0.1, 0.15) is 11.5 Å². The summed E-state index contributed by atoms with van der Waals surface area (Å²) >= 11 is 6.25. The van der Waals surface area contributed by atoms with Crippen molar-refractivity contribution in [1.82, 2.24) is 9.96 Å². The fourth-order valence-electron chi connectivity index (χ4n) is 4.17. The molecule has 0 N–H and O–H groups in total. The van der Waals surface area contributed by atoms with Gasteiger partial charge in [-0.05, 0) is 43.5 Å². The van der Waals surface area contributed by atoms with Crippen molar-refractivity contribution in [3.8, 4) is 11.3 Å². The summed E-state index contributed by atoms with van der Waals surface area (Å²) < 4.78 is 6.01. The van der Waals surface area contributed by atoms with E-state index in [0.29, 0.717) is 11.4 Å². The molecule has 5 nitrogen and oxygen atoms in total. The Balaban J connectivity index is 1.40. The van der Waals surface area contributed by atoms with Crippen LogP contribution >= 0.6 is 11.6 Å². The Morgan fingerprint density at radius 1 is 1.15 bits per heavy atom. The second-order valence-corrected chi connectivity index (χ2v) is 7.52. The number of hydrogen-bond acceptors (Lipinski definition) is 4. The maximum absolute atomic E-state index is 12.0. The van der Waals surface area contributed by atoms with Gasteiger partial charge in [-0.2, -0.15) is 0 Å². The SMILES string of the molecule is CON1C(=O)CCC12CCN(Cc1ccc(-c3ccccc3Cl)o1)CC2. The highest BCUT2D eigenvalue weighted by Crippen LogP contribution is 2.39. The Morgan fingerprint density at radius 3 is 2.65 bits per heavy atom. The summed E-state index contributed by atoms with van der Waals surface area (Å²) in [5.41, 5.74) is 0.798. The molecule has 2 aliphatic heterocycles. The number of carbonyl (C=O) groups excluding carboxylic acids is 1. The number of carbonyl (C=O) groups is 1. The quantitative estimate of drug-likeness (QED) is 0.807. The van der Waals surface area contributed by atoms with Crippen molar-refractivity contribution in [2.75, 3.05) is 20.2 Å². The summed E-state index contributed by atoms with van der Waals surface area (Å²) in [6.07, 6.45) is 3.35. The number of likely N-dealkylation sites (tertiary alicyclic amines) is 1. The van der Waals surface area contributed by atoms with Crippen molar-refractivity contribution in [1.29, 1.82) is 0 Å². The maximum atomic E-state index is 12.0. The van der Waals surface area contributed by atoms with E-state index in [1.165, 1.54) is 0 Å². The van der Waals surface area contributed by atoms with Crippen molar-refractivity contribution >= 4 is 17.5 Å². The van der Waals surface area contributed by atoms with Crippen LogP contribution in [0.4, 0.5) is 0 Å². The zero-order chi connectivity index (χ0) is 18.1. The largest absolute Gasteiger partial charge is 0.460 e. The Labute approximate surface area is 158 Å². The lowest BCUT2D eigenvalue weighted by molar-refractivity contribution is -0.202. The van der Waals surface area contributed by atoms with Crippen LogP contribution in [0.1, 0.15) is 31.4 Å². The Bertz CT molecular complexity index is 796. The van der Waals surface area contributed by atoms with Gasteiger partial charge in [-0.15, -0.1) is 0 Å². The number of hydroxylamine groups is 2. The fourth-order valence-corrected chi connectivity index (χ4v) is 4.40. The van der Waals surface area contributed by atoms with Gasteiger partial charge in [0.2, 0.25) is 5.91 Å². The normalized spacial score (nSPS) is 20.2. The molecule has 6 heteroatoms. The molecule has 2 aromatic rings. The van der Waals surface area contributed by atoms with E-state index in [0.717, 1.165) is 56.0 Å². The molecule has 26 heavy (non-hydrogen) atoms. The molecule has 2 saturated heterocycles. The molecule has 0 bridgehead atoms. The smallest absolute Gasteiger partial charge is 0.246 e. The number of furan rings is 1. The summed E-state index contributed by atoms with van der Waals surface area (Å²) in [5.74, 6) is 1.84. The van der Waals surface area contributed by atoms with E-state index in [2.05, 4.69) is 4.90 Å². The van der Waals surface area contributed by atoms with E-state index >= 15 is 0 Å². The zero-order valence-corrected chi connectivity index (χ0v) is 15.7. The molecular weight excluding hydrogens is 352 g/mol. The lowest BCUT2D eigenvalue weighted by Crippen LogP contribution is -2.52. The first-order chi connectivity index (χ1) is 12.6. The molecular formula is C20H23ClN2O3. The summed E-state index contributed by atoms with van der Waals surface area (Å²) in [7, 11) is 1.59. The summed E-state index contributed by atoms with van der Waals surface area (Å²) in [6, 6.07) is 11.7. The van der Waals surface area contributed by atoms with Gasteiger partial charge >= 0.3 is 0 Å². The lowest BCUT2D eigenvalue weighted by Gasteiger charge is -2.43. The van der Waals surface area contributed by atoms with Gasteiger partial charge in [0.15, 0.2) is 0 Å². The molecule has 4 rings (SSSR count). The number of piperidine rings is 1. The van der Waals surface area contributed by atoms with Crippen LogP contribution in [-0.4, -0.2) is 41.6 Å². The third-order valence-corrected chi connectivity index (χ3v) is 5.94. The van der Waals surface area contributed by atoms with Crippen LogP contribution in [-0.2, 0) is 16.2 Å². The molecule has 1 amide bonds. The molecule has 0 aliphatic carbocycles. The minimum atomic E-state index is -0.117. The maximum Gasteiger partial charge on any atom is 0.246 e. The molecule has 0 atom stereocenters. The Kier molecular flexibility index (Phi) is 4.78. The van der Waals surface area contributed by atoms with E-state index in [-0.39, 0.29) is 11.4 Å². The minimum Gasteiger partial charge on any atom is -0.460 e. The van der Waals surface area contributed by atoms with E-state index in [1.807, 2.05) is 36.4 Å². The second-order valence-electron chi connectivity index (χ2n) is 7.12. The number of nitrogens with zero attached hydrogens (tertiary/aromatic N) is 2. The van der Waals surface area contributed by atoms with E-state index in [4.69, 9.17) is 20.9 Å². The highest BCUT2D eigenvalue weighted by molar-refractivity contribution is 6.33. The van der Waals surface area contributed by atoms with E-state index in [9.17, 15) is 4.79 Å². The number of rotatable bonds is 4. The summed E-state index contributed by atoms with van der Waals surface area (Å²) in [5, 5.41) is 2.31. The topological polar surface area (TPSA) is 45.9 Å².